The minimum absolute atomic E-state index is 0.124. The van der Waals surface area contributed by atoms with E-state index in [9.17, 15) is 18.0 Å². The first-order valence-electron chi connectivity index (χ1n) is 10.6. The summed E-state index contributed by atoms with van der Waals surface area (Å²) in [7, 11) is -3.71. The van der Waals surface area contributed by atoms with Crippen molar-refractivity contribution in [3.05, 3.63) is 23.8 Å². The predicted molar refractivity (Wildman–Crippen MR) is 119 cm³/mol. The van der Waals surface area contributed by atoms with Gasteiger partial charge in [0, 0.05) is 31.2 Å². The molecule has 11 heteroatoms. The normalized spacial score (nSPS) is 22.4. The van der Waals surface area contributed by atoms with E-state index >= 15 is 0 Å². The minimum Gasteiger partial charge on any atom is -0.324 e. The Hall–Kier alpha value is -1.72. The third-order valence-electron chi connectivity index (χ3n) is 5.46. The summed E-state index contributed by atoms with van der Waals surface area (Å²) in [5, 5.41) is 6.99. The van der Waals surface area contributed by atoms with E-state index in [4.69, 9.17) is 11.6 Å². The van der Waals surface area contributed by atoms with Gasteiger partial charge in [-0.15, -0.1) is 11.6 Å². The number of alkyl halides is 1. The number of hydrogen-bond donors (Lipinski definition) is 4. The van der Waals surface area contributed by atoms with E-state index in [-0.39, 0.29) is 29.1 Å². The zero-order valence-electron chi connectivity index (χ0n) is 17.6. The summed E-state index contributed by atoms with van der Waals surface area (Å²) >= 11 is 5.92. The Balaban J connectivity index is 1.58. The molecule has 3 rings (SSSR count). The molecule has 4 N–H and O–H groups in total. The van der Waals surface area contributed by atoms with Crippen LogP contribution in [0.3, 0.4) is 0 Å². The molecule has 0 aliphatic carbocycles. The highest BCUT2D eigenvalue weighted by molar-refractivity contribution is 7.89. The number of halogens is 1. The second-order valence-corrected chi connectivity index (χ2v) is 10.4. The highest BCUT2D eigenvalue weighted by atomic mass is 35.5. The van der Waals surface area contributed by atoms with Crippen LogP contribution in [0.15, 0.2) is 23.1 Å². The van der Waals surface area contributed by atoms with Gasteiger partial charge in [0.2, 0.25) is 21.8 Å². The zero-order valence-corrected chi connectivity index (χ0v) is 19.2. The number of carbonyl (C=O) groups excluding carboxylic acids is 2. The van der Waals surface area contributed by atoms with Gasteiger partial charge in [0.1, 0.15) is 6.54 Å². The molecule has 9 nitrogen and oxygen atoms in total. The number of piperidine rings is 1. The largest absolute Gasteiger partial charge is 0.324 e. The van der Waals surface area contributed by atoms with Gasteiger partial charge >= 0.3 is 0 Å². The molecule has 1 aromatic rings. The number of carbonyl (C=O) groups is 2. The second kappa shape index (κ2) is 10.7. The van der Waals surface area contributed by atoms with Crippen LogP contribution >= 0.6 is 11.6 Å². The summed E-state index contributed by atoms with van der Waals surface area (Å²) in [5.41, 5.74) is 3.75. The first-order valence-corrected chi connectivity index (χ1v) is 12.5. The number of amides is 2. The molecule has 0 bridgehead atoms. The first-order chi connectivity index (χ1) is 14.7. The maximum Gasteiger partial charge on any atom is 0.245 e. The molecule has 2 heterocycles. The van der Waals surface area contributed by atoms with E-state index in [2.05, 4.69) is 20.8 Å². The molecule has 2 unspecified atom stereocenters. The maximum atomic E-state index is 12.8. The first kappa shape index (κ1) is 23.9. The van der Waals surface area contributed by atoms with Gasteiger partial charge in [0.05, 0.1) is 10.3 Å². The van der Waals surface area contributed by atoms with Gasteiger partial charge in [0.25, 0.3) is 0 Å². The summed E-state index contributed by atoms with van der Waals surface area (Å²) in [6.45, 7) is 3.24. The molecule has 2 amide bonds. The van der Waals surface area contributed by atoms with Crippen molar-refractivity contribution >= 4 is 39.1 Å². The van der Waals surface area contributed by atoms with Gasteiger partial charge < -0.3 is 10.6 Å². The van der Waals surface area contributed by atoms with Crippen LogP contribution in [0, 0.1) is 6.92 Å². The fraction of sp³-hybridized carbons (Fsp3) is 0.600. The van der Waals surface area contributed by atoms with Crippen molar-refractivity contribution in [3.8, 4) is 0 Å². The quantitative estimate of drug-likeness (QED) is 0.421. The SMILES string of the molecule is Cc1ccc(NC(=O)CN2NCC(Cl)CC2=O)cc1S(=O)(=O)NCCC1CCCCN1. The van der Waals surface area contributed by atoms with Gasteiger partial charge in [-0.25, -0.2) is 18.6 Å². The Labute approximate surface area is 188 Å². The molecule has 0 spiro atoms. The molecular formula is C20H30ClN5O4S. The van der Waals surface area contributed by atoms with Crippen molar-refractivity contribution in [2.24, 2.45) is 0 Å². The minimum atomic E-state index is -3.71. The summed E-state index contributed by atoms with van der Waals surface area (Å²) in [6.07, 6.45) is 4.28. The monoisotopic (exact) mass is 471 g/mol. The lowest BCUT2D eigenvalue weighted by atomic mass is 10.0. The summed E-state index contributed by atoms with van der Waals surface area (Å²) in [5.74, 6) is -0.692. The Morgan fingerprint density at radius 3 is 2.84 bits per heavy atom. The molecule has 0 saturated carbocycles. The van der Waals surface area contributed by atoms with Gasteiger partial charge in [0.15, 0.2) is 0 Å². The number of anilines is 1. The number of benzene rings is 1. The van der Waals surface area contributed by atoms with Crippen molar-refractivity contribution in [2.75, 3.05) is 31.5 Å². The molecule has 172 valence electrons. The number of aryl methyl sites for hydroxylation is 1. The maximum absolute atomic E-state index is 12.8. The number of nitrogens with zero attached hydrogens (tertiary/aromatic N) is 1. The molecule has 0 aromatic heterocycles. The third-order valence-corrected chi connectivity index (χ3v) is 7.37. The smallest absolute Gasteiger partial charge is 0.245 e. The van der Waals surface area contributed by atoms with Crippen LogP contribution in [0.2, 0.25) is 0 Å². The van der Waals surface area contributed by atoms with E-state index in [1.807, 2.05) is 0 Å². The highest BCUT2D eigenvalue weighted by Crippen LogP contribution is 2.21. The van der Waals surface area contributed by atoms with Crippen LogP contribution in [0.4, 0.5) is 5.69 Å². The highest BCUT2D eigenvalue weighted by Gasteiger charge is 2.26. The van der Waals surface area contributed by atoms with E-state index in [0.29, 0.717) is 30.4 Å². The van der Waals surface area contributed by atoms with Crippen molar-refractivity contribution < 1.29 is 18.0 Å². The zero-order chi connectivity index (χ0) is 22.4. The number of hydrogen-bond acceptors (Lipinski definition) is 6. The number of sulfonamides is 1. The fourth-order valence-corrected chi connectivity index (χ4v) is 5.26. The molecule has 31 heavy (non-hydrogen) atoms. The third kappa shape index (κ3) is 6.88. The molecule has 2 fully saturated rings. The van der Waals surface area contributed by atoms with Crippen LogP contribution in [0.1, 0.15) is 37.7 Å². The molecule has 2 saturated heterocycles. The average Bonchev–Trinajstić information content (AvgIpc) is 2.72. The molecule has 0 radical (unpaired) electrons. The lowest BCUT2D eigenvalue weighted by molar-refractivity contribution is -0.140. The topological polar surface area (TPSA) is 120 Å². The Morgan fingerprint density at radius 1 is 1.32 bits per heavy atom. The summed E-state index contributed by atoms with van der Waals surface area (Å²) in [4.78, 5) is 24.4. The lowest BCUT2D eigenvalue weighted by Gasteiger charge is -2.29. The standard InChI is InChI=1S/C20H30ClN5O4S/c1-14-5-6-17(25-19(27)13-26-20(28)10-15(21)12-23-26)11-18(14)31(29,30)24-9-7-16-4-2-3-8-22-16/h5-6,11,15-16,22-24H,2-4,7-10,12-13H2,1H3,(H,25,27). The Morgan fingerprint density at radius 2 is 2.13 bits per heavy atom. The Kier molecular flexibility index (Phi) is 8.29. The van der Waals surface area contributed by atoms with E-state index in [1.165, 1.54) is 11.1 Å². The number of nitrogens with one attached hydrogen (secondary N) is 4. The van der Waals surface area contributed by atoms with Crippen molar-refractivity contribution in [1.82, 2.24) is 20.5 Å². The molecular weight excluding hydrogens is 442 g/mol. The van der Waals surface area contributed by atoms with E-state index < -0.39 is 15.9 Å². The van der Waals surface area contributed by atoms with Crippen molar-refractivity contribution in [1.29, 1.82) is 0 Å². The Bertz CT molecular complexity index is 905. The van der Waals surface area contributed by atoms with Crippen LogP contribution < -0.4 is 20.8 Å². The summed E-state index contributed by atoms with van der Waals surface area (Å²) in [6, 6.07) is 5.06. The molecule has 2 aliphatic rings. The van der Waals surface area contributed by atoms with Gasteiger partial charge in [-0.1, -0.05) is 12.5 Å². The van der Waals surface area contributed by atoms with Crippen molar-refractivity contribution in [2.45, 2.75) is 55.3 Å². The van der Waals surface area contributed by atoms with Gasteiger partial charge in [-0.3, -0.25) is 14.6 Å². The predicted octanol–water partition coefficient (Wildman–Crippen LogP) is 1.09. The van der Waals surface area contributed by atoms with Crippen LogP contribution in [0.5, 0.6) is 0 Å². The number of rotatable bonds is 8. The van der Waals surface area contributed by atoms with Crippen LogP contribution in [0.25, 0.3) is 0 Å². The van der Waals surface area contributed by atoms with Crippen LogP contribution in [-0.2, 0) is 19.6 Å². The summed E-state index contributed by atoms with van der Waals surface area (Å²) < 4.78 is 28.3. The van der Waals surface area contributed by atoms with Gasteiger partial charge in [-0.05, 0) is 50.4 Å². The van der Waals surface area contributed by atoms with Crippen LogP contribution in [-0.4, -0.2) is 62.8 Å². The average molecular weight is 472 g/mol. The fourth-order valence-electron chi connectivity index (χ4n) is 3.74. The molecule has 2 aliphatic heterocycles. The lowest BCUT2D eigenvalue weighted by Crippen LogP contribution is -2.53. The molecule has 2 atom stereocenters. The second-order valence-electron chi connectivity index (χ2n) is 8.01. The van der Waals surface area contributed by atoms with E-state index in [1.54, 1.807) is 19.1 Å². The van der Waals surface area contributed by atoms with Gasteiger partial charge in [-0.2, -0.15) is 0 Å². The number of hydrazine groups is 1. The van der Waals surface area contributed by atoms with E-state index in [0.717, 1.165) is 32.2 Å². The molecule has 1 aromatic carbocycles. The van der Waals surface area contributed by atoms with Crippen molar-refractivity contribution in [3.63, 3.8) is 0 Å².